The maximum absolute atomic E-state index is 5.78. The van der Waals surface area contributed by atoms with E-state index < -0.39 is 0 Å². The molecule has 2 unspecified atom stereocenters. The molecule has 0 fully saturated rings. The van der Waals surface area contributed by atoms with Crippen molar-refractivity contribution in [3.05, 3.63) is 16.1 Å². The molecule has 0 spiro atoms. The fraction of sp³-hybridized carbons (Fsp3) is 0.750. The van der Waals surface area contributed by atoms with Crippen LogP contribution in [0.1, 0.15) is 37.5 Å². The standard InChI is InChI=1S/C12H21ClN2OS/c1-5-15(9(2)7-16-4)10(3)12-14-11(6-13)8-17-12/h8-10H,5-7H2,1-4H3. The van der Waals surface area contributed by atoms with E-state index in [9.17, 15) is 0 Å². The van der Waals surface area contributed by atoms with E-state index in [0.717, 1.165) is 23.9 Å². The van der Waals surface area contributed by atoms with Gasteiger partial charge in [-0.1, -0.05) is 6.92 Å². The lowest BCUT2D eigenvalue weighted by atomic mass is 10.2. The van der Waals surface area contributed by atoms with Gasteiger partial charge in [0.25, 0.3) is 0 Å². The zero-order valence-corrected chi connectivity index (χ0v) is 12.5. The number of likely N-dealkylation sites (N-methyl/N-ethyl adjacent to an activating group) is 1. The Hall–Kier alpha value is -0.160. The average molecular weight is 277 g/mol. The summed E-state index contributed by atoms with van der Waals surface area (Å²) >= 11 is 7.46. The first kappa shape index (κ1) is 14.9. The average Bonchev–Trinajstić information content (AvgIpc) is 2.78. The highest BCUT2D eigenvalue weighted by molar-refractivity contribution is 7.09. The van der Waals surface area contributed by atoms with Gasteiger partial charge in [-0.05, 0) is 20.4 Å². The molecule has 98 valence electrons. The molecule has 0 saturated carbocycles. The molecule has 1 aromatic rings. The van der Waals surface area contributed by atoms with Crippen LogP contribution in [0.3, 0.4) is 0 Å². The molecule has 1 rings (SSSR count). The first-order chi connectivity index (χ1) is 8.13. The second kappa shape index (κ2) is 7.31. The Morgan fingerprint density at radius 2 is 2.24 bits per heavy atom. The van der Waals surface area contributed by atoms with Crippen LogP contribution < -0.4 is 0 Å². The molecule has 1 aromatic heterocycles. The summed E-state index contributed by atoms with van der Waals surface area (Å²) in [6.45, 7) is 8.26. The third-order valence-corrected chi connectivity index (χ3v) is 4.24. The summed E-state index contributed by atoms with van der Waals surface area (Å²) in [6, 6.07) is 0.704. The molecule has 2 atom stereocenters. The van der Waals surface area contributed by atoms with E-state index in [-0.39, 0.29) is 0 Å². The quantitative estimate of drug-likeness (QED) is 0.715. The van der Waals surface area contributed by atoms with Crippen molar-refractivity contribution in [2.75, 3.05) is 20.3 Å². The number of hydrogen-bond acceptors (Lipinski definition) is 4. The Morgan fingerprint density at radius 1 is 1.53 bits per heavy atom. The Labute approximate surface area is 113 Å². The van der Waals surface area contributed by atoms with Crippen LogP contribution in [0.15, 0.2) is 5.38 Å². The Balaban J connectivity index is 2.74. The summed E-state index contributed by atoms with van der Waals surface area (Å²) in [5, 5.41) is 3.17. The number of alkyl halides is 1. The second-order valence-electron chi connectivity index (χ2n) is 4.12. The molecule has 3 nitrogen and oxygen atoms in total. The highest BCUT2D eigenvalue weighted by Gasteiger charge is 2.22. The van der Waals surface area contributed by atoms with Gasteiger partial charge in [0.2, 0.25) is 0 Å². The van der Waals surface area contributed by atoms with E-state index in [2.05, 4.69) is 30.7 Å². The van der Waals surface area contributed by atoms with Crippen LogP contribution in [0.5, 0.6) is 0 Å². The molecule has 1 heterocycles. The van der Waals surface area contributed by atoms with Gasteiger partial charge < -0.3 is 4.74 Å². The van der Waals surface area contributed by atoms with Gasteiger partial charge in [0.05, 0.1) is 24.2 Å². The van der Waals surface area contributed by atoms with Crippen LogP contribution in [0.2, 0.25) is 0 Å². The third-order valence-electron chi connectivity index (χ3n) is 2.90. The van der Waals surface area contributed by atoms with Crippen LogP contribution in [-0.2, 0) is 10.6 Å². The highest BCUT2D eigenvalue weighted by Crippen LogP contribution is 2.25. The minimum atomic E-state index is 0.312. The Morgan fingerprint density at radius 3 is 2.71 bits per heavy atom. The maximum Gasteiger partial charge on any atom is 0.110 e. The van der Waals surface area contributed by atoms with Gasteiger partial charge in [-0.3, -0.25) is 4.90 Å². The van der Waals surface area contributed by atoms with Crippen LogP contribution in [0.4, 0.5) is 0 Å². The van der Waals surface area contributed by atoms with E-state index in [1.165, 1.54) is 0 Å². The first-order valence-corrected chi connectivity index (χ1v) is 7.30. The summed E-state index contributed by atoms with van der Waals surface area (Å²) in [7, 11) is 1.74. The molecule has 0 N–H and O–H groups in total. The van der Waals surface area contributed by atoms with Crippen molar-refractivity contribution in [2.45, 2.75) is 38.7 Å². The van der Waals surface area contributed by atoms with Crippen molar-refractivity contribution in [1.29, 1.82) is 0 Å². The zero-order valence-electron chi connectivity index (χ0n) is 10.9. The number of aromatic nitrogens is 1. The van der Waals surface area contributed by atoms with Crippen LogP contribution >= 0.6 is 22.9 Å². The van der Waals surface area contributed by atoms with Crippen LogP contribution in [0, 0.1) is 0 Å². The topological polar surface area (TPSA) is 25.4 Å². The molecule has 0 aliphatic rings. The number of thiazole rings is 1. The van der Waals surface area contributed by atoms with E-state index in [1.807, 2.05) is 5.38 Å². The summed E-state index contributed by atoms with van der Waals surface area (Å²) in [6.07, 6.45) is 0. The number of hydrogen-bond donors (Lipinski definition) is 0. The minimum Gasteiger partial charge on any atom is -0.383 e. The fourth-order valence-corrected chi connectivity index (χ4v) is 3.15. The van der Waals surface area contributed by atoms with Gasteiger partial charge in [-0.15, -0.1) is 22.9 Å². The van der Waals surface area contributed by atoms with Gasteiger partial charge in [0, 0.05) is 18.5 Å². The molecular formula is C12H21ClN2OS. The van der Waals surface area contributed by atoms with E-state index >= 15 is 0 Å². The lowest BCUT2D eigenvalue weighted by molar-refractivity contribution is 0.0781. The molecule has 0 aliphatic heterocycles. The van der Waals surface area contributed by atoms with E-state index in [0.29, 0.717) is 18.0 Å². The third kappa shape index (κ3) is 3.91. The molecule has 0 radical (unpaired) electrons. The number of rotatable bonds is 7. The van der Waals surface area contributed by atoms with Gasteiger partial charge >= 0.3 is 0 Å². The van der Waals surface area contributed by atoms with Gasteiger partial charge in [0.15, 0.2) is 0 Å². The molecule has 0 amide bonds. The Bertz CT molecular complexity index is 332. The number of methoxy groups -OCH3 is 1. The van der Waals surface area contributed by atoms with E-state index in [1.54, 1.807) is 18.4 Å². The predicted molar refractivity (Wildman–Crippen MR) is 73.8 cm³/mol. The lowest BCUT2D eigenvalue weighted by Gasteiger charge is -2.32. The Kier molecular flexibility index (Phi) is 6.41. The molecule has 0 saturated heterocycles. The van der Waals surface area contributed by atoms with Crippen LogP contribution in [0.25, 0.3) is 0 Å². The van der Waals surface area contributed by atoms with Crippen molar-refractivity contribution in [1.82, 2.24) is 9.88 Å². The molecule has 0 bridgehead atoms. The van der Waals surface area contributed by atoms with Gasteiger partial charge in [0.1, 0.15) is 5.01 Å². The number of ether oxygens (including phenoxy) is 1. The minimum absolute atomic E-state index is 0.312. The summed E-state index contributed by atoms with van der Waals surface area (Å²) < 4.78 is 5.22. The molecule has 5 heteroatoms. The van der Waals surface area contributed by atoms with E-state index in [4.69, 9.17) is 16.3 Å². The van der Waals surface area contributed by atoms with Crippen molar-refractivity contribution in [3.8, 4) is 0 Å². The summed E-state index contributed by atoms with van der Waals surface area (Å²) in [5.41, 5.74) is 0.967. The van der Waals surface area contributed by atoms with Crippen LogP contribution in [-0.4, -0.2) is 36.2 Å². The second-order valence-corrected chi connectivity index (χ2v) is 5.28. The predicted octanol–water partition coefficient (Wildman–Crippen LogP) is 3.30. The monoisotopic (exact) mass is 276 g/mol. The largest absolute Gasteiger partial charge is 0.383 e. The van der Waals surface area contributed by atoms with Gasteiger partial charge in [-0.25, -0.2) is 4.98 Å². The maximum atomic E-state index is 5.78. The summed E-state index contributed by atoms with van der Waals surface area (Å²) in [4.78, 5) is 6.93. The summed E-state index contributed by atoms with van der Waals surface area (Å²) in [5.74, 6) is 0.489. The smallest absolute Gasteiger partial charge is 0.110 e. The number of halogens is 1. The lowest BCUT2D eigenvalue weighted by Crippen LogP contribution is -2.38. The molecule has 0 aromatic carbocycles. The molecular weight excluding hydrogens is 256 g/mol. The first-order valence-electron chi connectivity index (χ1n) is 5.88. The van der Waals surface area contributed by atoms with Gasteiger partial charge in [-0.2, -0.15) is 0 Å². The zero-order chi connectivity index (χ0) is 12.8. The number of nitrogens with zero attached hydrogens (tertiary/aromatic N) is 2. The van der Waals surface area contributed by atoms with Crippen molar-refractivity contribution >= 4 is 22.9 Å². The molecule has 17 heavy (non-hydrogen) atoms. The van der Waals surface area contributed by atoms with Crippen molar-refractivity contribution in [2.24, 2.45) is 0 Å². The van der Waals surface area contributed by atoms with Crippen molar-refractivity contribution < 1.29 is 4.74 Å². The SMILES string of the molecule is CCN(C(C)COC)C(C)c1nc(CCl)cs1. The fourth-order valence-electron chi connectivity index (χ4n) is 2.02. The normalized spacial score (nSPS) is 15.2. The highest BCUT2D eigenvalue weighted by atomic mass is 35.5. The molecule has 0 aliphatic carbocycles. The van der Waals surface area contributed by atoms with Crippen molar-refractivity contribution in [3.63, 3.8) is 0 Å².